The van der Waals surface area contributed by atoms with Crippen LogP contribution in [-0.4, -0.2) is 44.5 Å². The lowest BCUT2D eigenvalue weighted by Gasteiger charge is -2.32. The van der Waals surface area contributed by atoms with Crippen LogP contribution in [0.4, 0.5) is 0 Å². The number of hydrogen-bond acceptors (Lipinski definition) is 6. The Labute approximate surface area is 205 Å². The molecule has 1 atom stereocenters. The van der Waals surface area contributed by atoms with E-state index in [9.17, 15) is 13.2 Å². The number of carbonyl (C=O) groups excluding carboxylic acids is 1. The minimum Gasteiger partial charge on any atom is -0.476 e. The summed E-state index contributed by atoms with van der Waals surface area (Å²) in [7, 11) is -2.30. The highest BCUT2D eigenvalue weighted by Crippen LogP contribution is 2.33. The molecule has 6 nitrogen and oxygen atoms in total. The van der Waals surface area contributed by atoms with Crippen molar-refractivity contribution < 1.29 is 22.7 Å². The smallest absolute Gasteiger partial charge is 0.349 e. The van der Waals surface area contributed by atoms with Crippen molar-refractivity contribution in [3.8, 4) is 16.9 Å². The van der Waals surface area contributed by atoms with E-state index in [-0.39, 0.29) is 5.92 Å². The highest BCUT2D eigenvalue weighted by atomic mass is 32.2. The quantitative estimate of drug-likeness (QED) is 0.412. The van der Waals surface area contributed by atoms with E-state index in [0.717, 1.165) is 29.5 Å². The molecule has 4 rings (SSSR count). The van der Waals surface area contributed by atoms with Gasteiger partial charge in [-0.2, -0.15) is 15.6 Å². The molecule has 0 saturated carbocycles. The minimum atomic E-state index is -3.63. The fourth-order valence-corrected chi connectivity index (χ4v) is 6.50. The second-order valence-corrected chi connectivity index (χ2v) is 11.6. The molecule has 2 heterocycles. The number of thiophene rings is 1. The number of ether oxygens (including phenoxy) is 2. The van der Waals surface area contributed by atoms with E-state index < -0.39 is 21.6 Å². The molecule has 8 heteroatoms. The largest absolute Gasteiger partial charge is 0.476 e. The molecule has 3 aromatic rings. The van der Waals surface area contributed by atoms with Crippen LogP contribution in [0.3, 0.4) is 0 Å². The molecule has 0 spiro atoms. The number of hydrogen-bond donors (Lipinski definition) is 0. The number of carbonyl (C=O) groups is 1. The zero-order valence-corrected chi connectivity index (χ0v) is 21.2. The maximum absolute atomic E-state index is 13.5. The molecule has 34 heavy (non-hydrogen) atoms. The predicted molar refractivity (Wildman–Crippen MR) is 134 cm³/mol. The second-order valence-electron chi connectivity index (χ2n) is 8.92. The lowest BCUT2D eigenvalue weighted by atomic mass is 9.91. The van der Waals surface area contributed by atoms with Crippen LogP contribution in [0, 0.1) is 0 Å². The zero-order valence-electron chi connectivity index (χ0n) is 19.6. The SMILES string of the molecule is COC(=O)C(C)(C)Oc1cccc(C2CCCN(S(=O)(=O)c3cccc(-c4ccsc4)c3)C2)c1. The maximum Gasteiger partial charge on any atom is 0.349 e. The summed E-state index contributed by atoms with van der Waals surface area (Å²) < 4.78 is 39.3. The summed E-state index contributed by atoms with van der Waals surface area (Å²) in [5, 5.41) is 4.00. The summed E-state index contributed by atoms with van der Waals surface area (Å²) in [6.07, 6.45) is 1.65. The number of rotatable bonds is 7. The summed E-state index contributed by atoms with van der Waals surface area (Å²) in [6, 6.07) is 16.7. The van der Waals surface area contributed by atoms with Gasteiger partial charge >= 0.3 is 5.97 Å². The van der Waals surface area contributed by atoms with E-state index in [4.69, 9.17) is 9.47 Å². The van der Waals surface area contributed by atoms with E-state index in [0.29, 0.717) is 23.7 Å². The first-order valence-electron chi connectivity index (χ1n) is 11.2. The fraction of sp³-hybridized carbons (Fsp3) is 0.346. The number of benzene rings is 2. The van der Waals surface area contributed by atoms with Crippen LogP contribution in [0.5, 0.6) is 5.75 Å². The molecule has 1 fully saturated rings. The van der Waals surface area contributed by atoms with Gasteiger partial charge in [0.25, 0.3) is 0 Å². The number of sulfonamides is 1. The van der Waals surface area contributed by atoms with Gasteiger partial charge in [-0.15, -0.1) is 0 Å². The Morgan fingerprint density at radius 1 is 1.09 bits per heavy atom. The second kappa shape index (κ2) is 9.90. The number of esters is 1. The van der Waals surface area contributed by atoms with Gasteiger partial charge in [-0.1, -0.05) is 24.3 Å². The van der Waals surface area contributed by atoms with Crippen molar-refractivity contribution in [2.45, 2.75) is 43.1 Å². The van der Waals surface area contributed by atoms with Gasteiger partial charge in [-0.3, -0.25) is 0 Å². The van der Waals surface area contributed by atoms with Crippen LogP contribution in [0.1, 0.15) is 38.2 Å². The van der Waals surface area contributed by atoms with Crippen LogP contribution in [0.25, 0.3) is 11.1 Å². The summed E-state index contributed by atoms with van der Waals surface area (Å²) in [5.74, 6) is 0.127. The van der Waals surface area contributed by atoms with E-state index >= 15 is 0 Å². The molecule has 1 unspecified atom stereocenters. The Hall–Kier alpha value is -2.68. The van der Waals surface area contributed by atoms with Gasteiger partial charge in [0.1, 0.15) is 5.75 Å². The third kappa shape index (κ3) is 5.19. The van der Waals surface area contributed by atoms with Crippen LogP contribution in [0.15, 0.2) is 70.3 Å². The molecule has 1 saturated heterocycles. The summed E-state index contributed by atoms with van der Waals surface area (Å²) in [5.41, 5.74) is 1.78. The van der Waals surface area contributed by atoms with Gasteiger partial charge in [-0.05, 0) is 90.4 Å². The highest BCUT2D eigenvalue weighted by molar-refractivity contribution is 7.89. The van der Waals surface area contributed by atoms with Crippen LogP contribution >= 0.6 is 11.3 Å². The lowest BCUT2D eigenvalue weighted by molar-refractivity contribution is -0.156. The van der Waals surface area contributed by atoms with E-state index in [1.165, 1.54) is 7.11 Å². The molecule has 2 aromatic carbocycles. The molecular formula is C26H29NO5S2. The average molecular weight is 500 g/mol. The van der Waals surface area contributed by atoms with Gasteiger partial charge in [0, 0.05) is 13.1 Å². The predicted octanol–water partition coefficient (Wildman–Crippen LogP) is 5.31. The first kappa shape index (κ1) is 24.4. The van der Waals surface area contributed by atoms with Gasteiger partial charge in [0.05, 0.1) is 12.0 Å². The first-order chi connectivity index (χ1) is 16.2. The molecule has 0 bridgehead atoms. The number of methoxy groups -OCH3 is 1. The third-order valence-corrected chi connectivity index (χ3v) is 8.63. The van der Waals surface area contributed by atoms with Gasteiger partial charge in [0.15, 0.2) is 5.60 Å². The lowest BCUT2D eigenvalue weighted by Crippen LogP contribution is -2.39. The van der Waals surface area contributed by atoms with Crippen molar-refractivity contribution in [2.24, 2.45) is 0 Å². The van der Waals surface area contributed by atoms with Crippen LogP contribution < -0.4 is 4.74 Å². The van der Waals surface area contributed by atoms with Crippen molar-refractivity contribution in [1.29, 1.82) is 0 Å². The van der Waals surface area contributed by atoms with Gasteiger partial charge in [-0.25, -0.2) is 13.2 Å². The molecule has 0 amide bonds. The van der Waals surface area contributed by atoms with Gasteiger partial charge in [0.2, 0.25) is 10.0 Å². The van der Waals surface area contributed by atoms with Crippen molar-refractivity contribution >= 4 is 27.3 Å². The number of nitrogens with zero attached hydrogens (tertiary/aromatic N) is 1. The van der Waals surface area contributed by atoms with Crippen molar-refractivity contribution in [3.63, 3.8) is 0 Å². The highest BCUT2D eigenvalue weighted by Gasteiger charge is 2.33. The molecule has 0 radical (unpaired) electrons. The maximum atomic E-state index is 13.5. The minimum absolute atomic E-state index is 0.0355. The molecule has 1 aliphatic rings. The molecule has 0 aliphatic carbocycles. The third-order valence-electron chi connectivity index (χ3n) is 6.09. The first-order valence-corrected chi connectivity index (χ1v) is 13.6. The van der Waals surface area contributed by atoms with Crippen molar-refractivity contribution in [3.05, 3.63) is 70.9 Å². The Bertz CT molecular complexity index is 1250. The Morgan fingerprint density at radius 3 is 2.62 bits per heavy atom. The van der Waals surface area contributed by atoms with E-state index in [1.54, 1.807) is 53.8 Å². The Morgan fingerprint density at radius 2 is 1.88 bits per heavy atom. The van der Waals surface area contributed by atoms with E-state index in [1.807, 2.05) is 41.1 Å². The van der Waals surface area contributed by atoms with Crippen molar-refractivity contribution in [1.82, 2.24) is 4.31 Å². The summed E-state index contributed by atoms with van der Waals surface area (Å²) in [6.45, 7) is 4.21. The standard InChI is InChI=1S/C26H29NO5S2/c1-26(2,25(28)31-3)32-23-10-4-7-19(15-23)21-9-6-13-27(17-21)34(29,30)24-11-5-8-20(16-24)22-12-14-33-18-22/h4-5,7-8,10-12,14-16,18,21H,6,9,13,17H2,1-3H3. The monoisotopic (exact) mass is 499 g/mol. The van der Waals surface area contributed by atoms with Crippen molar-refractivity contribution in [2.75, 3.05) is 20.2 Å². The zero-order chi connectivity index (χ0) is 24.3. The molecule has 1 aromatic heterocycles. The molecule has 0 N–H and O–H groups in total. The van der Waals surface area contributed by atoms with Crippen LogP contribution in [0.2, 0.25) is 0 Å². The van der Waals surface area contributed by atoms with Crippen LogP contribution in [-0.2, 0) is 19.6 Å². The topological polar surface area (TPSA) is 72.9 Å². The van der Waals surface area contributed by atoms with Gasteiger partial charge < -0.3 is 9.47 Å². The van der Waals surface area contributed by atoms with E-state index in [2.05, 4.69) is 0 Å². The summed E-state index contributed by atoms with van der Waals surface area (Å²) in [4.78, 5) is 12.3. The fourth-order valence-electron chi connectivity index (χ4n) is 4.26. The normalized spacial score (nSPS) is 17.3. The Kier molecular flexibility index (Phi) is 7.12. The summed E-state index contributed by atoms with van der Waals surface area (Å²) >= 11 is 1.59. The molecular weight excluding hydrogens is 470 g/mol. The Balaban J connectivity index is 1.54. The average Bonchev–Trinajstić information content (AvgIpc) is 3.39. The number of piperidine rings is 1. The molecule has 1 aliphatic heterocycles. The molecule has 180 valence electrons.